The van der Waals surface area contributed by atoms with Crippen molar-refractivity contribution in [3.05, 3.63) is 120 Å². The van der Waals surface area contributed by atoms with E-state index in [1.54, 1.807) is 49.4 Å². The maximum absolute atomic E-state index is 14.8. The number of benzene rings is 4. The van der Waals surface area contributed by atoms with Crippen molar-refractivity contribution in [1.82, 2.24) is 0 Å². The minimum atomic E-state index is -1.30. The van der Waals surface area contributed by atoms with Crippen molar-refractivity contribution in [3.8, 4) is 33.8 Å². The summed E-state index contributed by atoms with van der Waals surface area (Å²) < 4.78 is 54.1. The van der Waals surface area contributed by atoms with Gasteiger partial charge in [0.1, 0.15) is 6.61 Å². The second-order valence-electron chi connectivity index (χ2n) is 8.25. The topological polar surface area (TPSA) is 55.8 Å². The van der Waals surface area contributed by atoms with E-state index in [0.717, 1.165) is 0 Å². The van der Waals surface area contributed by atoms with E-state index < -0.39 is 35.3 Å². The lowest BCUT2D eigenvalue weighted by molar-refractivity contribution is 0.0726. The van der Waals surface area contributed by atoms with Gasteiger partial charge >= 0.3 is 5.97 Å². The lowest BCUT2D eigenvalue weighted by Gasteiger charge is -2.11. The highest BCUT2D eigenvalue weighted by molar-refractivity contribution is 5.91. The molecular formula is C30H23F3O4. The second kappa shape index (κ2) is 11.1. The van der Waals surface area contributed by atoms with E-state index in [1.165, 1.54) is 42.5 Å². The van der Waals surface area contributed by atoms with Crippen LogP contribution in [0.1, 0.15) is 28.9 Å². The Morgan fingerprint density at radius 1 is 0.865 bits per heavy atom. The molecule has 1 unspecified atom stereocenters. The SMILES string of the molecule is C=CCOc1ccc(-c2ccc(C(=O)Oc3ccc(-c4ccc(C(C)O)cc4)c(F)c3F)cc2)cc1F. The normalized spacial score (nSPS) is 11.6. The molecule has 0 radical (unpaired) electrons. The maximum Gasteiger partial charge on any atom is 0.343 e. The summed E-state index contributed by atoms with van der Waals surface area (Å²) >= 11 is 0. The van der Waals surface area contributed by atoms with Gasteiger partial charge in [-0.2, -0.15) is 4.39 Å². The summed E-state index contributed by atoms with van der Waals surface area (Å²) in [6, 6.07) is 19.4. The van der Waals surface area contributed by atoms with Crippen LogP contribution in [0.15, 0.2) is 91.5 Å². The lowest BCUT2D eigenvalue weighted by Crippen LogP contribution is -2.10. The highest BCUT2D eigenvalue weighted by Gasteiger charge is 2.19. The zero-order valence-electron chi connectivity index (χ0n) is 19.9. The van der Waals surface area contributed by atoms with Crippen LogP contribution in [0.25, 0.3) is 22.3 Å². The van der Waals surface area contributed by atoms with Crippen LogP contribution in [0.5, 0.6) is 11.5 Å². The summed E-state index contributed by atoms with van der Waals surface area (Å²) in [5.41, 5.74) is 2.34. The van der Waals surface area contributed by atoms with Gasteiger partial charge in [0.15, 0.2) is 23.1 Å². The fourth-order valence-corrected chi connectivity index (χ4v) is 3.68. The van der Waals surface area contributed by atoms with E-state index in [4.69, 9.17) is 9.47 Å². The number of halogens is 3. The van der Waals surface area contributed by atoms with Crippen LogP contribution in [0, 0.1) is 17.5 Å². The average molecular weight is 505 g/mol. The summed E-state index contributed by atoms with van der Waals surface area (Å²) in [5.74, 6) is -4.32. The van der Waals surface area contributed by atoms with Crippen LogP contribution >= 0.6 is 0 Å². The highest BCUT2D eigenvalue weighted by atomic mass is 19.2. The van der Waals surface area contributed by atoms with Crippen LogP contribution < -0.4 is 9.47 Å². The maximum atomic E-state index is 14.8. The third-order valence-corrected chi connectivity index (χ3v) is 5.70. The molecule has 0 aliphatic rings. The fraction of sp³-hybridized carbons (Fsp3) is 0.100. The minimum Gasteiger partial charge on any atom is -0.486 e. The zero-order valence-corrected chi connectivity index (χ0v) is 19.9. The van der Waals surface area contributed by atoms with Crippen LogP contribution in [-0.4, -0.2) is 17.7 Å². The van der Waals surface area contributed by atoms with Crippen LogP contribution in [0.3, 0.4) is 0 Å². The van der Waals surface area contributed by atoms with Gasteiger partial charge in [0.2, 0.25) is 5.82 Å². The standard InChI is InChI=1S/C30H23F3O4/c1-3-16-36-26-14-12-23(17-25(26)31)20-6-10-22(11-7-20)30(35)37-27-15-13-24(28(32)29(27)33)21-8-4-19(5-9-21)18(2)34/h3-15,17-18,34H,1,16H2,2H3. The number of aliphatic hydroxyl groups is 1. The molecule has 0 saturated heterocycles. The molecule has 1 N–H and O–H groups in total. The first-order valence-electron chi connectivity index (χ1n) is 11.4. The van der Waals surface area contributed by atoms with Crippen LogP contribution in [0.2, 0.25) is 0 Å². The fourth-order valence-electron chi connectivity index (χ4n) is 3.68. The number of esters is 1. The van der Waals surface area contributed by atoms with Gasteiger partial charge in [0, 0.05) is 5.56 Å². The first-order chi connectivity index (χ1) is 17.8. The molecule has 4 aromatic carbocycles. The van der Waals surface area contributed by atoms with Crippen molar-refractivity contribution in [1.29, 1.82) is 0 Å². The molecule has 0 spiro atoms. The van der Waals surface area contributed by atoms with Gasteiger partial charge in [-0.25, -0.2) is 13.6 Å². The third-order valence-electron chi connectivity index (χ3n) is 5.70. The Morgan fingerprint density at radius 3 is 2.11 bits per heavy atom. The molecule has 0 amide bonds. The second-order valence-corrected chi connectivity index (χ2v) is 8.25. The molecule has 0 aromatic heterocycles. The molecule has 1 atom stereocenters. The van der Waals surface area contributed by atoms with E-state index in [2.05, 4.69) is 6.58 Å². The number of ether oxygens (including phenoxy) is 2. The zero-order chi connectivity index (χ0) is 26.5. The Balaban J connectivity index is 1.49. The van der Waals surface area contributed by atoms with Crippen LogP contribution in [0.4, 0.5) is 13.2 Å². The van der Waals surface area contributed by atoms with E-state index in [-0.39, 0.29) is 23.5 Å². The Kier molecular flexibility index (Phi) is 7.74. The van der Waals surface area contributed by atoms with Gasteiger partial charge < -0.3 is 14.6 Å². The van der Waals surface area contributed by atoms with Crippen molar-refractivity contribution >= 4 is 5.97 Å². The first-order valence-corrected chi connectivity index (χ1v) is 11.4. The van der Waals surface area contributed by atoms with Crippen molar-refractivity contribution in [3.63, 3.8) is 0 Å². The van der Waals surface area contributed by atoms with E-state index >= 15 is 0 Å². The Morgan fingerprint density at radius 2 is 1.49 bits per heavy atom. The van der Waals surface area contributed by atoms with E-state index in [0.29, 0.717) is 22.3 Å². The van der Waals surface area contributed by atoms with Crippen molar-refractivity contribution in [2.75, 3.05) is 6.61 Å². The summed E-state index contributed by atoms with van der Waals surface area (Å²) in [5, 5.41) is 9.61. The highest BCUT2D eigenvalue weighted by Crippen LogP contribution is 2.31. The molecule has 4 nitrogen and oxygen atoms in total. The molecule has 7 heteroatoms. The average Bonchev–Trinajstić information content (AvgIpc) is 2.91. The quantitative estimate of drug-likeness (QED) is 0.156. The largest absolute Gasteiger partial charge is 0.486 e. The van der Waals surface area contributed by atoms with Gasteiger partial charge in [-0.3, -0.25) is 0 Å². The molecule has 0 saturated carbocycles. The number of aliphatic hydroxyl groups excluding tert-OH is 1. The molecule has 0 heterocycles. The molecule has 0 aliphatic carbocycles. The predicted molar refractivity (Wildman–Crippen MR) is 135 cm³/mol. The lowest BCUT2D eigenvalue weighted by atomic mass is 10.0. The number of carbonyl (C=O) groups excluding carboxylic acids is 1. The van der Waals surface area contributed by atoms with Gasteiger partial charge in [-0.05, 0) is 65.6 Å². The summed E-state index contributed by atoms with van der Waals surface area (Å²) in [6.07, 6.45) is 0.826. The predicted octanol–water partition coefficient (Wildman–Crippen LogP) is 7.28. The molecule has 0 fully saturated rings. The summed E-state index contributed by atoms with van der Waals surface area (Å²) in [7, 11) is 0. The van der Waals surface area contributed by atoms with Crippen molar-refractivity contribution < 1.29 is 32.5 Å². The van der Waals surface area contributed by atoms with Gasteiger partial charge in [0.05, 0.1) is 11.7 Å². The van der Waals surface area contributed by atoms with Crippen molar-refractivity contribution in [2.45, 2.75) is 13.0 Å². The molecular weight excluding hydrogens is 481 g/mol. The number of hydrogen-bond acceptors (Lipinski definition) is 4. The minimum absolute atomic E-state index is 0.00746. The molecule has 37 heavy (non-hydrogen) atoms. The molecule has 4 rings (SSSR count). The summed E-state index contributed by atoms with van der Waals surface area (Å²) in [4.78, 5) is 12.6. The first kappa shape index (κ1) is 25.7. The Labute approximate surface area is 212 Å². The Hall–Kier alpha value is -4.36. The molecule has 4 aromatic rings. The van der Waals surface area contributed by atoms with Crippen molar-refractivity contribution in [2.24, 2.45) is 0 Å². The smallest absolute Gasteiger partial charge is 0.343 e. The van der Waals surface area contributed by atoms with Gasteiger partial charge in [-0.1, -0.05) is 55.1 Å². The Bertz CT molecular complexity index is 1430. The number of carbonyl (C=O) groups is 1. The number of rotatable bonds is 8. The third kappa shape index (κ3) is 5.73. The van der Waals surface area contributed by atoms with E-state index in [1.807, 2.05) is 0 Å². The molecule has 188 valence electrons. The molecule has 0 aliphatic heterocycles. The van der Waals surface area contributed by atoms with Gasteiger partial charge in [-0.15, -0.1) is 0 Å². The van der Waals surface area contributed by atoms with E-state index in [9.17, 15) is 23.1 Å². The summed E-state index contributed by atoms with van der Waals surface area (Å²) in [6.45, 7) is 5.30. The monoisotopic (exact) mass is 504 g/mol. The molecule has 0 bridgehead atoms. The van der Waals surface area contributed by atoms with Gasteiger partial charge in [0.25, 0.3) is 0 Å². The van der Waals surface area contributed by atoms with Crippen LogP contribution in [-0.2, 0) is 0 Å². The number of hydrogen-bond donors (Lipinski definition) is 1.